The summed E-state index contributed by atoms with van der Waals surface area (Å²) >= 11 is 7.62. The van der Waals surface area contributed by atoms with E-state index in [1.807, 2.05) is 17.5 Å². The molecule has 140 valence electrons. The van der Waals surface area contributed by atoms with E-state index in [-0.39, 0.29) is 0 Å². The summed E-state index contributed by atoms with van der Waals surface area (Å²) in [6, 6.07) is 9.87. The van der Waals surface area contributed by atoms with Gasteiger partial charge in [0, 0.05) is 11.4 Å². The molecular formula is C16H15ClN6O3S. The van der Waals surface area contributed by atoms with Gasteiger partial charge >= 0.3 is 11.7 Å². The maximum absolute atomic E-state index is 12.3. The fourth-order valence-electron chi connectivity index (χ4n) is 2.25. The summed E-state index contributed by atoms with van der Waals surface area (Å²) in [5, 5.41) is 14.4. The molecule has 0 atom stereocenters. The van der Waals surface area contributed by atoms with Gasteiger partial charge in [0.1, 0.15) is 6.54 Å². The summed E-state index contributed by atoms with van der Waals surface area (Å²) in [6.45, 7) is -0.0517. The van der Waals surface area contributed by atoms with Crippen molar-refractivity contribution in [2.75, 3.05) is 6.54 Å². The first-order chi connectivity index (χ1) is 13.0. The van der Waals surface area contributed by atoms with Crippen LogP contribution in [0.15, 0.2) is 46.6 Å². The van der Waals surface area contributed by atoms with Crippen LogP contribution in [0.5, 0.6) is 0 Å². The Bertz CT molecular complexity index is 998. The van der Waals surface area contributed by atoms with Gasteiger partial charge in [-0.2, -0.15) is 9.36 Å². The Hall–Kier alpha value is -2.98. The third-order valence-corrected chi connectivity index (χ3v) is 4.76. The molecule has 3 rings (SSSR count). The van der Waals surface area contributed by atoms with Crippen LogP contribution in [0.25, 0.3) is 5.69 Å². The summed E-state index contributed by atoms with van der Waals surface area (Å²) in [5.74, 6) is -0.683. The number of carbonyl (C=O) groups is 2. The molecule has 0 radical (unpaired) electrons. The molecule has 0 unspecified atom stereocenters. The van der Waals surface area contributed by atoms with Gasteiger partial charge in [-0.3, -0.25) is 10.1 Å². The molecule has 1 aromatic carbocycles. The lowest BCUT2D eigenvalue weighted by Gasteiger charge is -2.05. The maximum Gasteiger partial charge on any atom is 0.369 e. The topological polar surface area (TPSA) is 111 Å². The number of amides is 3. The van der Waals surface area contributed by atoms with E-state index in [0.717, 1.165) is 14.2 Å². The summed E-state index contributed by atoms with van der Waals surface area (Å²) in [6.07, 6.45) is 0.672. The molecule has 3 amide bonds. The molecule has 0 saturated heterocycles. The third-order valence-electron chi connectivity index (χ3n) is 3.50. The van der Waals surface area contributed by atoms with Crippen molar-refractivity contribution in [3.8, 4) is 5.69 Å². The van der Waals surface area contributed by atoms with Crippen molar-refractivity contribution in [1.82, 2.24) is 30.4 Å². The normalized spacial score (nSPS) is 10.6. The minimum atomic E-state index is -0.683. The Labute approximate surface area is 162 Å². The van der Waals surface area contributed by atoms with Gasteiger partial charge in [0.25, 0.3) is 0 Å². The van der Waals surface area contributed by atoms with E-state index >= 15 is 0 Å². The molecule has 2 N–H and O–H groups in total. The quantitative estimate of drug-likeness (QED) is 0.639. The molecular weight excluding hydrogens is 392 g/mol. The Morgan fingerprint density at radius 3 is 2.70 bits per heavy atom. The first-order valence-electron chi connectivity index (χ1n) is 7.92. The van der Waals surface area contributed by atoms with Crippen LogP contribution in [-0.2, 0) is 17.8 Å². The van der Waals surface area contributed by atoms with E-state index in [9.17, 15) is 14.4 Å². The van der Waals surface area contributed by atoms with Crippen molar-refractivity contribution in [1.29, 1.82) is 0 Å². The van der Waals surface area contributed by atoms with Crippen LogP contribution in [0.4, 0.5) is 4.79 Å². The number of urea groups is 1. The van der Waals surface area contributed by atoms with Gasteiger partial charge in [-0.05, 0) is 40.4 Å². The van der Waals surface area contributed by atoms with Crippen LogP contribution in [0.2, 0.25) is 5.02 Å². The standard InChI is InChI=1S/C16H15ClN6O3S/c17-12-5-1-2-6-13(12)23-16(26)22(20-21-23)10-14(24)19-15(25)18-8-7-11-4-3-9-27-11/h1-6,9H,7-8,10H2,(H2,18,19,24,25). The largest absolute Gasteiger partial charge is 0.369 e. The number of rotatable bonds is 6. The highest BCUT2D eigenvalue weighted by Gasteiger charge is 2.15. The predicted molar refractivity (Wildman–Crippen MR) is 100 cm³/mol. The van der Waals surface area contributed by atoms with Crippen molar-refractivity contribution in [3.63, 3.8) is 0 Å². The number of imide groups is 1. The van der Waals surface area contributed by atoms with Crippen LogP contribution in [0.3, 0.4) is 0 Å². The number of hydrogen-bond donors (Lipinski definition) is 2. The van der Waals surface area contributed by atoms with Crippen molar-refractivity contribution < 1.29 is 9.59 Å². The molecule has 0 bridgehead atoms. The van der Waals surface area contributed by atoms with Gasteiger partial charge in [0.15, 0.2) is 0 Å². The van der Waals surface area contributed by atoms with E-state index in [1.165, 1.54) is 0 Å². The van der Waals surface area contributed by atoms with Crippen molar-refractivity contribution in [2.24, 2.45) is 0 Å². The fraction of sp³-hybridized carbons (Fsp3) is 0.188. The molecule has 0 aliphatic carbocycles. The minimum Gasteiger partial charge on any atom is -0.337 e. The van der Waals surface area contributed by atoms with E-state index in [0.29, 0.717) is 23.7 Å². The second-order valence-corrected chi connectivity index (χ2v) is 6.86. The van der Waals surface area contributed by atoms with Gasteiger partial charge in [-0.25, -0.2) is 9.59 Å². The molecule has 0 aliphatic heterocycles. The predicted octanol–water partition coefficient (Wildman–Crippen LogP) is 1.21. The Morgan fingerprint density at radius 1 is 1.15 bits per heavy atom. The van der Waals surface area contributed by atoms with E-state index in [2.05, 4.69) is 21.1 Å². The zero-order valence-electron chi connectivity index (χ0n) is 14.0. The average Bonchev–Trinajstić information content (AvgIpc) is 3.26. The number of carbonyl (C=O) groups excluding carboxylic acids is 2. The van der Waals surface area contributed by atoms with Crippen molar-refractivity contribution >= 4 is 34.9 Å². The molecule has 27 heavy (non-hydrogen) atoms. The molecule has 11 heteroatoms. The number of tetrazole rings is 1. The first-order valence-corrected chi connectivity index (χ1v) is 9.18. The summed E-state index contributed by atoms with van der Waals surface area (Å²) in [5.41, 5.74) is -0.293. The zero-order chi connectivity index (χ0) is 19.2. The lowest BCUT2D eigenvalue weighted by Crippen LogP contribution is -2.43. The van der Waals surface area contributed by atoms with Crippen molar-refractivity contribution in [2.45, 2.75) is 13.0 Å². The van der Waals surface area contributed by atoms with Gasteiger partial charge in [-0.15, -0.1) is 11.3 Å². The first kappa shape index (κ1) is 18.8. The number of nitrogens with zero attached hydrogens (tertiary/aromatic N) is 4. The fourth-order valence-corrected chi connectivity index (χ4v) is 3.17. The molecule has 9 nitrogen and oxygen atoms in total. The van der Waals surface area contributed by atoms with Gasteiger partial charge in [0.2, 0.25) is 5.91 Å². The van der Waals surface area contributed by atoms with Gasteiger partial charge < -0.3 is 5.32 Å². The Morgan fingerprint density at radius 2 is 1.96 bits per heavy atom. The molecule has 0 aliphatic rings. The second kappa shape index (κ2) is 8.60. The lowest BCUT2D eigenvalue weighted by molar-refractivity contribution is -0.120. The number of para-hydroxylation sites is 1. The van der Waals surface area contributed by atoms with E-state index in [4.69, 9.17) is 11.6 Å². The van der Waals surface area contributed by atoms with Crippen LogP contribution >= 0.6 is 22.9 Å². The lowest BCUT2D eigenvalue weighted by atomic mass is 10.3. The highest BCUT2D eigenvalue weighted by molar-refractivity contribution is 7.09. The summed E-state index contributed by atoms with van der Waals surface area (Å²) in [4.78, 5) is 37.1. The summed E-state index contributed by atoms with van der Waals surface area (Å²) in [7, 11) is 0. The number of thiophene rings is 1. The zero-order valence-corrected chi connectivity index (χ0v) is 15.5. The summed E-state index contributed by atoms with van der Waals surface area (Å²) < 4.78 is 1.83. The molecule has 0 fully saturated rings. The monoisotopic (exact) mass is 406 g/mol. The Kier molecular flexibility index (Phi) is 5.99. The number of aromatic nitrogens is 4. The number of nitrogens with one attached hydrogen (secondary N) is 2. The number of hydrogen-bond acceptors (Lipinski definition) is 6. The second-order valence-electron chi connectivity index (χ2n) is 5.42. The molecule has 2 heterocycles. The molecule has 3 aromatic rings. The third kappa shape index (κ3) is 4.80. The van der Waals surface area contributed by atoms with E-state index in [1.54, 1.807) is 35.6 Å². The van der Waals surface area contributed by atoms with E-state index < -0.39 is 24.2 Å². The van der Waals surface area contributed by atoms with Crippen molar-refractivity contribution in [3.05, 3.63) is 62.2 Å². The minimum absolute atomic E-state index is 0.321. The van der Waals surface area contributed by atoms with Gasteiger partial charge in [0.05, 0.1) is 10.7 Å². The van der Waals surface area contributed by atoms with Crippen LogP contribution in [-0.4, -0.2) is 38.3 Å². The molecule has 0 saturated carbocycles. The van der Waals surface area contributed by atoms with Crippen LogP contribution < -0.4 is 16.3 Å². The Balaban J connectivity index is 1.54. The molecule has 0 spiro atoms. The van der Waals surface area contributed by atoms with Gasteiger partial charge in [-0.1, -0.05) is 29.8 Å². The smallest absolute Gasteiger partial charge is 0.337 e. The van der Waals surface area contributed by atoms with Crippen LogP contribution in [0.1, 0.15) is 4.88 Å². The number of halogens is 1. The highest BCUT2D eigenvalue weighted by atomic mass is 35.5. The highest BCUT2D eigenvalue weighted by Crippen LogP contribution is 2.16. The maximum atomic E-state index is 12.3. The molecule has 2 aromatic heterocycles. The SMILES string of the molecule is O=C(Cn1nnn(-c2ccccc2Cl)c1=O)NC(=O)NCCc1cccs1. The number of benzene rings is 1. The van der Waals surface area contributed by atoms with Crippen LogP contribution in [0, 0.1) is 0 Å². The average molecular weight is 407 g/mol.